The molecule has 0 spiro atoms. The number of hydrogen-bond acceptors (Lipinski definition) is 3. The Hall–Kier alpha value is -1.53. The van der Waals surface area contributed by atoms with E-state index in [1.807, 2.05) is 26.0 Å². The normalized spacial score (nSPS) is 13.0. The number of nitrogens with zero attached hydrogens (tertiary/aromatic N) is 3. The fourth-order valence-corrected chi connectivity index (χ4v) is 2.94. The average molecular weight is 378 g/mol. The molecule has 0 radical (unpaired) electrons. The highest BCUT2D eigenvalue weighted by molar-refractivity contribution is 6.41. The zero-order valence-corrected chi connectivity index (χ0v) is 14.6. The van der Waals surface area contributed by atoms with Crippen LogP contribution in [-0.2, 0) is 6.18 Å². The van der Waals surface area contributed by atoms with E-state index in [4.69, 9.17) is 23.2 Å². The largest absolute Gasteiger partial charge is 0.418 e. The first-order valence-corrected chi connectivity index (χ1v) is 8.16. The average Bonchev–Trinajstić information content (AvgIpc) is 2.54. The summed E-state index contributed by atoms with van der Waals surface area (Å²) in [7, 11) is 0. The molecule has 0 N–H and O–H groups in total. The lowest BCUT2D eigenvalue weighted by Crippen LogP contribution is -2.30. The standard InChI is InChI=1S/C16H16Cl2F3N3/c1-3-12(11-7-5-6-8-22-11)24(4-2)13-9-10(16(19,20)21)14(17)15(18)23-13/h5-9,12H,3-4H2,1-2H3. The van der Waals surface area contributed by atoms with Crippen LogP contribution in [-0.4, -0.2) is 16.5 Å². The molecule has 0 aliphatic heterocycles. The lowest BCUT2D eigenvalue weighted by atomic mass is 10.1. The van der Waals surface area contributed by atoms with E-state index in [-0.39, 0.29) is 17.0 Å². The first kappa shape index (κ1) is 18.8. The van der Waals surface area contributed by atoms with E-state index in [9.17, 15) is 13.2 Å². The van der Waals surface area contributed by atoms with Gasteiger partial charge in [0.05, 0.1) is 22.3 Å². The van der Waals surface area contributed by atoms with Crippen LogP contribution >= 0.6 is 23.2 Å². The van der Waals surface area contributed by atoms with Crippen LogP contribution in [0, 0.1) is 0 Å². The summed E-state index contributed by atoms with van der Waals surface area (Å²) in [5, 5.41) is -0.953. The summed E-state index contributed by atoms with van der Waals surface area (Å²) in [6.45, 7) is 4.21. The van der Waals surface area contributed by atoms with Gasteiger partial charge in [-0.3, -0.25) is 4.98 Å². The number of rotatable bonds is 5. The zero-order chi connectivity index (χ0) is 17.9. The molecule has 130 valence electrons. The summed E-state index contributed by atoms with van der Waals surface area (Å²) in [5.74, 6) is 0.122. The molecule has 24 heavy (non-hydrogen) atoms. The molecule has 1 unspecified atom stereocenters. The fraction of sp³-hybridized carbons (Fsp3) is 0.375. The van der Waals surface area contributed by atoms with Crippen molar-refractivity contribution in [2.75, 3.05) is 11.4 Å². The molecule has 0 aliphatic carbocycles. The fourth-order valence-electron chi connectivity index (χ4n) is 2.54. The van der Waals surface area contributed by atoms with Crippen LogP contribution in [0.4, 0.5) is 19.0 Å². The predicted octanol–water partition coefficient (Wildman–Crippen LogP) is 5.78. The van der Waals surface area contributed by atoms with Crippen molar-refractivity contribution in [3.8, 4) is 0 Å². The Kier molecular flexibility index (Phi) is 5.93. The third-order valence-corrected chi connectivity index (χ3v) is 4.39. The maximum atomic E-state index is 13.2. The van der Waals surface area contributed by atoms with Gasteiger partial charge in [-0.25, -0.2) is 4.98 Å². The van der Waals surface area contributed by atoms with E-state index in [1.165, 1.54) is 0 Å². The number of halogens is 5. The summed E-state index contributed by atoms with van der Waals surface area (Å²) < 4.78 is 39.5. The molecule has 0 amide bonds. The molecule has 0 aliphatic rings. The molecule has 0 saturated carbocycles. The second kappa shape index (κ2) is 7.57. The Bertz CT molecular complexity index is 693. The minimum absolute atomic E-state index is 0.122. The summed E-state index contributed by atoms with van der Waals surface area (Å²) >= 11 is 11.5. The van der Waals surface area contributed by atoms with E-state index >= 15 is 0 Å². The van der Waals surface area contributed by atoms with Crippen molar-refractivity contribution < 1.29 is 13.2 Å². The molecular weight excluding hydrogens is 362 g/mol. The maximum Gasteiger partial charge on any atom is 0.418 e. The van der Waals surface area contributed by atoms with Gasteiger partial charge in [-0.15, -0.1) is 0 Å². The first-order valence-electron chi connectivity index (χ1n) is 7.40. The number of hydrogen-bond donors (Lipinski definition) is 0. The number of pyridine rings is 2. The summed E-state index contributed by atoms with van der Waals surface area (Å²) in [6.07, 6.45) is -2.31. The van der Waals surface area contributed by atoms with Crippen LogP contribution in [0.1, 0.15) is 37.6 Å². The molecular formula is C16H16Cl2F3N3. The molecule has 1 atom stereocenters. The first-order chi connectivity index (χ1) is 11.3. The maximum absolute atomic E-state index is 13.2. The van der Waals surface area contributed by atoms with Gasteiger partial charge in [-0.1, -0.05) is 36.2 Å². The second-order valence-electron chi connectivity index (χ2n) is 5.10. The highest BCUT2D eigenvalue weighted by Crippen LogP contribution is 2.40. The van der Waals surface area contributed by atoms with Gasteiger partial charge >= 0.3 is 6.18 Å². The lowest BCUT2D eigenvalue weighted by molar-refractivity contribution is -0.137. The zero-order valence-electron chi connectivity index (χ0n) is 13.1. The van der Waals surface area contributed by atoms with Crippen LogP contribution in [0.25, 0.3) is 0 Å². The molecule has 0 fully saturated rings. The van der Waals surface area contributed by atoms with Crippen molar-refractivity contribution in [1.82, 2.24) is 9.97 Å². The smallest absolute Gasteiger partial charge is 0.348 e. The minimum Gasteiger partial charge on any atom is -0.348 e. The van der Waals surface area contributed by atoms with Crippen LogP contribution < -0.4 is 4.90 Å². The van der Waals surface area contributed by atoms with Gasteiger partial charge in [0.2, 0.25) is 0 Å². The van der Waals surface area contributed by atoms with Crippen molar-refractivity contribution in [1.29, 1.82) is 0 Å². The molecule has 2 aromatic heterocycles. The Morgan fingerprint density at radius 3 is 2.42 bits per heavy atom. The monoisotopic (exact) mass is 377 g/mol. The molecule has 0 aromatic carbocycles. The Labute approximate surface area is 148 Å². The van der Waals surface area contributed by atoms with E-state index < -0.39 is 16.8 Å². The van der Waals surface area contributed by atoms with Crippen molar-refractivity contribution in [3.63, 3.8) is 0 Å². The highest BCUT2D eigenvalue weighted by Gasteiger charge is 2.36. The molecule has 8 heteroatoms. The summed E-state index contributed by atoms with van der Waals surface area (Å²) in [4.78, 5) is 10.1. The third-order valence-electron chi connectivity index (χ3n) is 3.64. The van der Waals surface area contributed by atoms with Crippen molar-refractivity contribution in [2.24, 2.45) is 0 Å². The van der Waals surface area contributed by atoms with Gasteiger partial charge in [0.1, 0.15) is 5.82 Å². The third kappa shape index (κ3) is 3.92. The SMILES string of the molecule is CCC(c1ccccn1)N(CC)c1cc(C(F)(F)F)c(Cl)c(Cl)n1. The van der Waals surface area contributed by atoms with Gasteiger partial charge in [0, 0.05) is 12.7 Å². The van der Waals surface area contributed by atoms with Gasteiger partial charge < -0.3 is 4.90 Å². The van der Waals surface area contributed by atoms with Gasteiger partial charge in [0.25, 0.3) is 0 Å². The van der Waals surface area contributed by atoms with Crippen LogP contribution in [0.15, 0.2) is 30.5 Å². The molecule has 3 nitrogen and oxygen atoms in total. The Morgan fingerprint density at radius 2 is 1.92 bits per heavy atom. The van der Waals surface area contributed by atoms with E-state index in [2.05, 4.69) is 9.97 Å². The summed E-state index contributed by atoms with van der Waals surface area (Å²) in [6, 6.07) is 6.16. The Morgan fingerprint density at radius 1 is 1.21 bits per heavy atom. The molecule has 2 heterocycles. The molecule has 2 aromatic rings. The second-order valence-corrected chi connectivity index (χ2v) is 5.83. The van der Waals surface area contributed by atoms with Crippen LogP contribution in [0.3, 0.4) is 0 Å². The summed E-state index contributed by atoms with van der Waals surface area (Å²) in [5.41, 5.74) is -0.239. The number of alkyl halides is 3. The Balaban J connectivity index is 2.53. The van der Waals surface area contributed by atoms with Gasteiger partial charge in [-0.2, -0.15) is 13.2 Å². The lowest BCUT2D eigenvalue weighted by Gasteiger charge is -2.31. The molecule has 0 bridgehead atoms. The number of aromatic nitrogens is 2. The molecule has 2 rings (SSSR count). The quantitative estimate of drug-likeness (QED) is 0.618. The topological polar surface area (TPSA) is 29.0 Å². The van der Waals surface area contributed by atoms with E-state index in [1.54, 1.807) is 17.2 Å². The van der Waals surface area contributed by atoms with Crippen LogP contribution in [0.2, 0.25) is 10.2 Å². The van der Waals surface area contributed by atoms with Crippen molar-refractivity contribution in [3.05, 3.63) is 51.9 Å². The highest BCUT2D eigenvalue weighted by atomic mass is 35.5. The minimum atomic E-state index is -4.61. The van der Waals surface area contributed by atoms with Crippen LogP contribution in [0.5, 0.6) is 0 Å². The van der Waals surface area contributed by atoms with Crippen molar-refractivity contribution >= 4 is 29.0 Å². The van der Waals surface area contributed by atoms with E-state index in [0.29, 0.717) is 13.0 Å². The van der Waals surface area contributed by atoms with Gasteiger partial charge in [0.15, 0.2) is 5.15 Å². The molecule has 0 saturated heterocycles. The van der Waals surface area contributed by atoms with E-state index in [0.717, 1.165) is 11.8 Å². The number of anilines is 1. The van der Waals surface area contributed by atoms with Gasteiger partial charge in [-0.05, 0) is 31.5 Å². The predicted molar refractivity (Wildman–Crippen MR) is 89.5 cm³/mol. The van der Waals surface area contributed by atoms with Crippen molar-refractivity contribution in [2.45, 2.75) is 32.5 Å².